The number of methoxy groups -OCH3 is 1. The minimum absolute atomic E-state index is 0.135. The molecule has 1 fully saturated rings. The Morgan fingerprint density at radius 1 is 1.06 bits per heavy atom. The van der Waals surface area contributed by atoms with Crippen LogP contribution in [0.25, 0.3) is 6.08 Å². The molecule has 3 aromatic carbocycles. The third-order valence-corrected chi connectivity index (χ3v) is 7.68. The van der Waals surface area contributed by atoms with Crippen molar-refractivity contribution in [1.29, 1.82) is 0 Å². The van der Waals surface area contributed by atoms with Gasteiger partial charge in [-0.25, -0.2) is 4.39 Å². The molecule has 1 amide bonds. The Kier molecular flexibility index (Phi) is 4.86. The molecule has 0 saturated carbocycles. The average Bonchev–Trinajstić information content (AvgIpc) is 3.36. The summed E-state index contributed by atoms with van der Waals surface area (Å²) < 4.78 is 20.3. The number of carbonyl (C=O) groups is 3. The van der Waals surface area contributed by atoms with E-state index in [4.69, 9.17) is 4.74 Å². The largest absolute Gasteiger partial charge is 0.497 e. The number of carbonyl (C=O) groups excluding carboxylic acids is 3. The van der Waals surface area contributed by atoms with Crippen molar-refractivity contribution in [2.45, 2.75) is 24.4 Å². The number of nitrogens with one attached hydrogen (secondary N) is 1. The van der Waals surface area contributed by atoms with E-state index >= 15 is 0 Å². The molecule has 3 aliphatic heterocycles. The Labute approximate surface area is 207 Å². The summed E-state index contributed by atoms with van der Waals surface area (Å²) in [6.45, 7) is 1.42. The van der Waals surface area contributed by atoms with Gasteiger partial charge in [-0.1, -0.05) is 42.5 Å². The molecular weight excluding hydrogens is 459 g/mol. The lowest BCUT2D eigenvalue weighted by Crippen LogP contribution is -2.51. The average molecular weight is 483 g/mol. The van der Waals surface area contributed by atoms with Gasteiger partial charge in [0.05, 0.1) is 30.7 Å². The van der Waals surface area contributed by atoms with E-state index in [1.54, 1.807) is 31.4 Å². The van der Waals surface area contributed by atoms with Crippen molar-refractivity contribution in [3.63, 3.8) is 0 Å². The highest BCUT2D eigenvalue weighted by Crippen LogP contribution is 2.58. The molecule has 1 saturated heterocycles. The van der Waals surface area contributed by atoms with Crippen LogP contribution in [0.15, 0.2) is 72.8 Å². The van der Waals surface area contributed by atoms with Crippen LogP contribution in [0, 0.1) is 11.7 Å². The maximum absolute atomic E-state index is 14.9. The van der Waals surface area contributed by atoms with E-state index in [0.29, 0.717) is 22.7 Å². The number of ether oxygens (including phenoxy) is 1. The summed E-state index contributed by atoms with van der Waals surface area (Å²) in [5.74, 6) is -2.42. The zero-order valence-corrected chi connectivity index (χ0v) is 19.7. The minimum Gasteiger partial charge on any atom is -0.497 e. The van der Waals surface area contributed by atoms with Gasteiger partial charge < -0.3 is 15.0 Å². The van der Waals surface area contributed by atoms with Crippen LogP contribution in [-0.2, 0) is 15.0 Å². The smallest absolute Gasteiger partial charge is 0.238 e. The van der Waals surface area contributed by atoms with Crippen LogP contribution >= 0.6 is 0 Å². The maximum Gasteiger partial charge on any atom is 0.238 e. The second kappa shape index (κ2) is 7.88. The first kappa shape index (κ1) is 22.2. The van der Waals surface area contributed by atoms with Crippen molar-refractivity contribution in [2.75, 3.05) is 17.3 Å². The number of benzene rings is 3. The van der Waals surface area contributed by atoms with Crippen molar-refractivity contribution in [3.8, 4) is 5.75 Å². The molecule has 1 N–H and O–H groups in total. The number of amides is 1. The number of nitrogens with zero attached hydrogens (tertiary/aromatic N) is 1. The highest BCUT2D eigenvalue weighted by molar-refractivity contribution is 6.16. The lowest BCUT2D eigenvalue weighted by molar-refractivity contribution is -0.122. The van der Waals surface area contributed by atoms with Gasteiger partial charge in [0.15, 0.2) is 11.6 Å². The first-order valence-corrected chi connectivity index (χ1v) is 11.7. The van der Waals surface area contributed by atoms with Crippen LogP contribution in [0.5, 0.6) is 5.75 Å². The molecule has 0 unspecified atom stereocenters. The summed E-state index contributed by atoms with van der Waals surface area (Å²) in [5, 5.41) is 2.94. The predicted octanol–water partition coefficient (Wildman–Crippen LogP) is 4.40. The Morgan fingerprint density at radius 2 is 1.81 bits per heavy atom. The second-order valence-electron chi connectivity index (χ2n) is 9.38. The minimum atomic E-state index is -1.43. The highest BCUT2D eigenvalue weighted by Gasteiger charge is 2.70. The standard InChI is InChI=1S/C29H23FN2O4/c1-16(33)26-25(27(34)19-7-3-5-9-21(19)30)29(20-8-4-6-10-22(20)31-28(29)35)24-14-11-17-15-18(36-2)12-13-23(17)32(24)26/h3-15,24-26H,1-2H3,(H,31,35)/t24-,25+,26-,29-/m1/s1. The zero-order valence-electron chi connectivity index (χ0n) is 19.7. The highest BCUT2D eigenvalue weighted by atomic mass is 19.1. The summed E-state index contributed by atoms with van der Waals surface area (Å²) in [7, 11) is 1.57. The van der Waals surface area contributed by atoms with Crippen molar-refractivity contribution in [1.82, 2.24) is 0 Å². The molecule has 0 radical (unpaired) electrons. The third kappa shape index (κ3) is 2.80. The second-order valence-corrected chi connectivity index (χ2v) is 9.38. The quantitative estimate of drug-likeness (QED) is 0.558. The van der Waals surface area contributed by atoms with E-state index in [1.165, 1.54) is 25.1 Å². The van der Waals surface area contributed by atoms with E-state index in [2.05, 4.69) is 5.32 Å². The molecule has 180 valence electrons. The fourth-order valence-corrected chi connectivity index (χ4v) is 6.27. The molecule has 3 aromatic rings. The molecule has 1 spiro atoms. The molecule has 6 nitrogen and oxygen atoms in total. The van der Waals surface area contributed by atoms with Crippen LogP contribution in [0.1, 0.15) is 28.4 Å². The zero-order chi connectivity index (χ0) is 25.2. The number of fused-ring (bicyclic) bond motifs is 6. The van der Waals surface area contributed by atoms with Gasteiger partial charge in [0.2, 0.25) is 5.91 Å². The first-order valence-electron chi connectivity index (χ1n) is 11.7. The van der Waals surface area contributed by atoms with Gasteiger partial charge in [-0.05, 0) is 48.9 Å². The normalized spacial score (nSPS) is 25.2. The molecule has 7 heteroatoms. The maximum atomic E-state index is 14.9. The van der Waals surface area contributed by atoms with Crippen molar-refractivity contribution in [2.24, 2.45) is 5.92 Å². The van der Waals surface area contributed by atoms with E-state index in [0.717, 1.165) is 5.56 Å². The third-order valence-electron chi connectivity index (χ3n) is 7.68. The monoisotopic (exact) mass is 482 g/mol. The Balaban J connectivity index is 1.66. The van der Waals surface area contributed by atoms with Gasteiger partial charge in [0, 0.05) is 16.9 Å². The fourth-order valence-electron chi connectivity index (χ4n) is 6.27. The summed E-state index contributed by atoms with van der Waals surface area (Å²) in [6, 6.07) is 16.8. The number of rotatable bonds is 4. The summed E-state index contributed by atoms with van der Waals surface area (Å²) in [4.78, 5) is 43.4. The molecule has 6 rings (SSSR count). The molecular formula is C29H23FN2O4. The van der Waals surface area contributed by atoms with Crippen LogP contribution in [0.2, 0.25) is 0 Å². The van der Waals surface area contributed by atoms with Crippen LogP contribution in [0.3, 0.4) is 0 Å². The van der Waals surface area contributed by atoms with E-state index in [9.17, 15) is 18.8 Å². The Bertz CT molecular complexity index is 1480. The van der Waals surface area contributed by atoms with Gasteiger partial charge >= 0.3 is 0 Å². The molecule has 0 aliphatic carbocycles. The lowest BCUT2D eigenvalue weighted by atomic mass is 9.64. The van der Waals surface area contributed by atoms with Gasteiger partial charge in [0.25, 0.3) is 0 Å². The summed E-state index contributed by atoms with van der Waals surface area (Å²) in [6.07, 6.45) is 3.76. The van der Waals surface area contributed by atoms with E-state index < -0.39 is 35.0 Å². The molecule has 3 heterocycles. The molecule has 3 aliphatic rings. The SMILES string of the molecule is COc1ccc2c(c1)C=C[C@H]1N2[C@H](C(C)=O)[C@@H](C(=O)c2ccccc2F)[C@]12C(=O)Nc1ccccc12. The topological polar surface area (TPSA) is 75.7 Å². The fraction of sp³-hybridized carbons (Fsp3) is 0.207. The molecule has 4 atom stereocenters. The Morgan fingerprint density at radius 3 is 2.56 bits per heavy atom. The molecule has 0 bridgehead atoms. The van der Waals surface area contributed by atoms with E-state index in [-0.39, 0.29) is 17.3 Å². The van der Waals surface area contributed by atoms with Crippen LogP contribution < -0.4 is 15.0 Å². The van der Waals surface area contributed by atoms with Crippen molar-refractivity contribution in [3.05, 3.63) is 95.3 Å². The predicted molar refractivity (Wildman–Crippen MR) is 134 cm³/mol. The molecule has 36 heavy (non-hydrogen) atoms. The van der Waals surface area contributed by atoms with Gasteiger partial charge in [-0.15, -0.1) is 0 Å². The van der Waals surface area contributed by atoms with Crippen LogP contribution in [-0.4, -0.2) is 36.7 Å². The van der Waals surface area contributed by atoms with Crippen LogP contribution in [0.4, 0.5) is 15.8 Å². The van der Waals surface area contributed by atoms with E-state index in [1.807, 2.05) is 41.3 Å². The Hall–Kier alpha value is -4.26. The number of hydrogen-bond donors (Lipinski definition) is 1. The van der Waals surface area contributed by atoms with Gasteiger partial charge in [0.1, 0.15) is 17.0 Å². The van der Waals surface area contributed by atoms with Crippen molar-refractivity contribution < 1.29 is 23.5 Å². The number of halogens is 1. The summed E-state index contributed by atoms with van der Waals surface area (Å²) >= 11 is 0. The number of ketones is 2. The summed E-state index contributed by atoms with van der Waals surface area (Å²) in [5.41, 5.74) is 1.17. The number of anilines is 2. The lowest BCUT2D eigenvalue weighted by Gasteiger charge is -2.37. The molecule has 0 aromatic heterocycles. The number of hydrogen-bond acceptors (Lipinski definition) is 5. The van der Waals surface area contributed by atoms with Crippen molar-refractivity contribution >= 4 is 34.9 Å². The van der Waals surface area contributed by atoms with Gasteiger partial charge in [-0.3, -0.25) is 14.4 Å². The number of para-hydroxylation sites is 1. The first-order chi connectivity index (χ1) is 17.4. The number of Topliss-reactive ketones (excluding diaryl/α,β-unsaturated/α-hetero) is 2. The van der Waals surface area contributed by atoms with Gasteiger partial charge in [-0.2, -0.15) is 0 Å².